The lowest BCUT2D eigenvalue weighted by molar-refractivity contribution is -0.111. The second-order valence-corrected chi connectivity index (χ2v) is 6.06. The normalized spacial score (nSPS) is 11.0. The summed E-state index contributed by atoms with van der Waals surface area (Å²) in [5, 5.41) is 12.4. The Morgan fingerprint density at radius 2 is 2.12 bits per heavy atom. The topological polar surface area (TPSA) is 57.8 Å². The molecule has 4 nitrogen and oxygen atoms in total. The SMILES string of the molecule is N#CCCn1cc(/C=C/C(=O)Nc2ccc(F)c(Cl)c2)c2ccccc21. The summed E-state index contributed by atoms with van der Waals surface area (Å²) in [5.41, 5.74) is 2.31. The average Bonchev–Trinajstić information content (AvgIpc) is 2.99. The fraction of sp³-hybridized carbons (Fsp3) is 0.100. The quantitative estimate of drug-likeness (QED) is 0.645. The molecule has 0 fully saturated rings. The molecular formula is C20H15ClFN3O. The lowest BCUT2D eigenvalue weighted by atomic mass is 10.1. The molecule has 0 aliphatic heterocycles. The molecule has 1 aromatic heterocycles. The summed E-state index contributed by atoms with van der Waals surface area (Å²) in [4.78, 5) is 12.1. The smallest absolute Gasteiger partial charge is 0.248 e. The number of nitrogens with one attached hydrogen (secondary N) is 1. The Balaban J connectivity index is 1.80. The van der Waals surface area contributed by atoms with E-state index in [4.69, 9.17) is 16.9 Å². The summed E-state index contributed by atoms with van der Waals surface area (Å²) in [7, 11) is 0. The molecule has 3 aromatic rings. The highest BCUT2D eigenvalue weighted by Crippen LogP contribution is 2.23. The van der Waals surface area contributed by atoms with Gasteiger partial charge in [0.1, 0.15) is 5.82 Å². The van der Waals surface area contributed by atoms with Crippen molar-refractivity contribution >= 4 is 40.2 Å². The van der Waals surface area contributed by atoms with E-state index in [9.17, 15) is 9.18 Å². The number of amides is 1. The third kappa shape index (κ3) is 3.93. The second-order valence-electron chi connectivity index (χ2n) is 5.65. The number of rotatable bonds is 5. The number of halogens is 2. The number of carbonyl (C=O) groups is 1. The van der Waals surface area contributed by atoms with Gasteiger partial charge in [0.25, 0.3) is 0 Å². The van der Waals surface area contributed by atoms with Crippen molar-refractivity contribution in [2.75, 3.05) is 5.32 Å². The number of nitriles is 1. The molecule has 0 aliphatic rings. The highest BCUT2D eigenvalue weighted by atomic mass is 35.5. The molecule has 6 heteroatoms. The van der Waals surface area contributed by atoms with Crippen LogP contribution in [-0.2, 0) is 11.3 Å². The first-order chi connectivity index (χ1) is 12.6. The van der Waals surface area contributed by atoms with Crippen molar-refractivity contribution in [3.05, 3.63) is 71.1 Å². The maximum atomic E-state index is 13.2. The van der Waals surface area contributed by atoms with Crippen molar-refractivity contribution < 1.29 is 9.18 Å². The van der Waals surface area contributed by atoms with Crippen LogP contribution in [0, 0.1) is 17.1 Å². The molecule has 0 radical (unpaired) electrons. The van der Waals surface area contributed by atoms with Gasteiger partial charge in [0.05, 0.1) is 17.5 Å². The number of benzene rings is 2. The van der Waals surface area contributed by atoms with Gasteiger partial charge >= 0.3 is 0 Å². The summed E-state index contributed by atoms with van der Waals surface area (Å²) in [6, 6.07) is 13.9. The van der Waals surface area contributed by atoms with Crippen LogP contribution in [0.5, 0.6) is 0 Å². The third-order valence-electron chi connectivity index (χ3n) is 3.89. The molecule has 26 heavy (non-hydrogen) atoms. The van der Waals surface area contributed by atoms with Gasteiger partial charge in [-0.25, -0.2) is 4.39 Å². The maximum absolute atomic E-state index is 13.2. The number of anilines is 1. The van der Waals surface area contributed by atoms with Gasteiger partial charge in [-0.1, -0.05) is 29.8 Å². The number of nitrogens with zero attached hydrogens (tertiary/aromatic N) is 2. The van der Waals surface area contributed by atoms with E-state index in [1.807, 2.05) is 35.0 Å². The maximum Gasteiger partial charge on any atom is 0.248 e. The van der Waals surface area contributed by atoms with E-state index < -0.39 is 5.82 Å². The second kappa shape index (κ2) is 7.85. The molecule has 2 aromatic carbocycles. The van der Waals surface area contributed by atoms with Crippen LogP contribution >= 0.6 is 11.6 Å². The van der Waals surface area contributed by atoms with Gasteiger partial charge in [-0.2, -0.15) is 5.26 Å². The Hall–Kier alpha value is -3.10. The molecule has 3 rings (SSSR count). The number of hydrogen-bond acceptors (Lipinski definition) is 2. The predicted octanol–water partition coefficient (Wildman–Crippen LogP) is 5.00. The number of fused-ring (bicyclic) bond motifs is 1. The molecule has 0 saturated carbocycles. The zero-order chi connectivity index (χ0) is 18.5. The molecule has 130 valence electrons. The van der Waals surface area contributed by atoms with Crippen LogP contribution in [0.3, 0.4) is 0 Å². The van der Waals surface area contributed by atoms with E-state index in [1.54, 1.807) is 6.08 Å². The van der Waals surface area contributed by atoms with Gasteiger partial charge in [-0.15, -0.1) is 0 Å². The summed E-state index contributed by atoms with van der Waals surface area (Å²) >= 11 is 5.71. The minimum atomic E-state index is -0.537. The average molecular weight is 368 g/mol. The van der Waals surface area contributed by atoms with Crippen molar-refractivity contribution in [2.45, 2.75) is 13.0 Å². The van der Waals surface area contributed by atoms with Gasteiger partial charge in [-0.05, 0) is 30.3 Å². The highest BCUT2D eigenvalue weighted by molar-refractivity contribution is 6.31. The minimum absolute atomic E-state index is 0.0488. The monoisotopic (exact) mass is 367 g/mol. The Kier molecular flexibility index (Phi) is 5.35. The van der Waals surface area contributed by atoms with E-state index in [-0.39, 0.29) is 10.9 Å². The molecular weight excluding hydrogens is 353 g/mol. The largest absolute Gasteiger partial charge is 0.346 e. The first-order valence-corrected chi connectivity index (χ1v) is 8.35. The zero-order valence-electron chi connectivity index (χ0n) is 13.7. The molecule has 1 amide bonds. The van der Waals surface area contributed by atoms with E-state index in [2.05, 4.69) is 11.4 Å². The summed E-state index contributed by atoms with van der Waals surface area (Å²) in [5.74, 6) is -0.882. The van der Waals surface area contributed by atoms with Crippen molar-refractivity contribution in [3.8, 4) is 6.07 Å². The van der Waals surface area contributed by atoms with Crippen molar-refractivity contribution in [1.82, 2.24) is 4.57 Å². The summed E-state index contributed by atoms with van der Waals surface area (Å²) < 4.78 is 15.2. The van der Waals surface area contributed by atoms with Gasteiger partial charge in [0.15, 0.2) is 0 Å². The summed E-state index contributed by atoms with van der Waals surface area (Å²) in [6.45, 7) is 0.588. The summed E-state index contributed by atoms with van der Waals surface area (Å²) in [6.07, 6.45) is 5.45. The van der Waals surface area contributed by atoms with Crippen LogP contribution in [0.15, 0.2) is 54.7 Å². The molecule has 0 spiro atoms. The molecule has 1 heterocycles. The van der Waals surface area contributed by atoms with Gasteiger partial charge < -0.3 is 9.88 Å². The fourth-order valence-electron chi connectivity index (χ4n) is 2.69. The van der Waals surface area contributed by atoms with E-state index >= 15 is 0 Å². The van der Waals surface area contributed by atoms with Crippen LogP contribution in [0.1, 0.15) is 12.0 Å². The molecule has 0 unspecified atom stereocenters. The first-order valence-electron chi connectivity index (χ1n) is 7.97. The molecule has 0 atom stereocenters. The van der Waals surface area contributed by atoms with Gasteiger partial charge in [0, 0.05) is 41.0 Å². The Morgan fingerprint density at radius 1 is 1.31 bits per heavy atom. The van der Waals surface area contributed by atoms with Crippen LogP contribution < -0.4 is 5.32 Å². The number of aryl methyl sites for hydroxylation is 1. The lowest BCUT2D eigenvalue weighted by Crippen LogP contribution is -2.07. The van der Waals surface area contributed by atoms with E-state index in [0.29, 0.717) is 18.7 Å². The molecule has 0 aliphatic carbocycles. The van der Waals surface area contributed by atoms with Crippen LogP contribution in [0.4, 0.5) is 10.1 Å². The number of aromatic nitrogens is 1. The van der Waals surface area contributed by atoms with Crippen molar-refractivity contribution in [1.29, 1.82) is 5.26 Å². The molecule has 0 bridgehead atoms. The first kappa shape index (κ1) is 17.7. The number of carbonyl (C=O) groups excluding carboxylic acids is 1. The van der Waals surface area contributed by atoms with Gasteiger partial charge in [0.2, 0.25) is 5.91 Å². The Bertz CT molecular complexity index is 1030. The van der Waals surface area contributed by atoms with Crippen LogP contribution in [0.25, 0.3) is 17.0 Å². The fourth-order valence-corrected chi connectivity index (χ4v) is 2.87. The minimum Gasteiger partial charge on any atom is -0.346 e. The predicted molar refractivity (Wildman–Crippen MR) is 101 cm³/mol. The Morgan fingerprint density at radius 3 is 2.88 bits per heavy atom. The lowest BCUT2D eigenvalue weighted by Gasteiger charge is -2.02. The zero-order valence-corrected chi connectivity index (χ0v) is 14.5. The highest BCUT2D eigenvalue weighted by Gasteiger charge is 2.07. The van der Waals surface area contributed by atoms with Crippen LogP contribution in [-0.4, -0.2) is 10.5 Å². The third-order valence-corrected chi connectivity index (χ3v) is 4.17. The molecule has 1 N–H and O–H groups in total. The Labute approximate surface area is 155 Å². The number of para-hydroxylation sites is 1. The van der Waals surface area contributed by atoms with Crippen molar-refractivity contribution in [2.24, 2.45) is 0 Å². The van der Waals surface area contributed by atoms with Crippen molar-refractivity contribution in [3.63, 3.8) is 0 Å². The van der Waals surface area contributed by atoms with E-state index in [1.165, 1.54) is 24.3 Å². The van der Waals surface area contributed by atoms with E-state index in [0.717, 1.165) is 16.5 Å². The van der Waals surface area contributed by atoms with Crippen LogP contribution in [0.2, 0.25) is 5.02 Å². The number of hydrogen-bond donors (Lipinski definition) is 1. The standard InChI is InChI=1S/C20H15ClFN3O/c21-17-12-15(7-8-18(17)22)24-20(26)9-6-14-13-25(11-3-10-23)19-5-2-1-4-16(14)19/h1-2,4-9,12-13H,3,11H2,(H,24,26)/b9-6+. The van der Waals surface area contributed by atoms with Gasteiger partial charge in [-0.3, -0.25) is 4.79 Å². The molecule has 0 saturated heterocycles.